The number of fused-ring (bicyclic) bond motifs is 3. The molecule has 1 aliphatic carbocycles. The topological polar surface area (TPSA) is 69.8 Å². The maximum atomic E-state index is 13.6. The Balaban J connectivity index is 1.47. The molecule has 6 nitrogen and oxygen atoms in total. The molecule has 39 heavy (non-hydrogen) atoms. The quantitative estimate of drug-likeness (QED) is 0.198. The molecule has 3 aromatic carbocycles. The van der Waals surface area contributed by atoms with E-state index < -0.39 is 0 Å². The van der Waals surface area contributed by atoms with Gasteiger partial charge in [-0.2, -0.15) is 0 Å². The van der Waals surface area contributed by atoms with Gasteiger partial charge in [0.1, 0.15) is 5.82 Å². The Kier molecular flexibility index (Phi) is 5.00. The molecule has 0 radical (unpaired) electrons. The van der Waals surface area contributed by atoms with Crippen LogP contribution in [0.25, 0.3) is 45.1 Å². The number of ketones is 2. The fourth-order valence-electron chi connectivity index (χ4n) is 5.69. The summed E-state index contributed by atoms with van der Waals surface area (Å²) in [6.07, 6.45) is 5.26. The second-order valence-corrected chi connectivity index (χ2v) is 10.1. The van der Waals surface area contributed by atoms with Gasteiger partial charge in [0.05, 0.1) is 22.5 Å². The van der Waals surface area contributed by atoms with Gasteiger partial charge in [-0.15, -0.1) is 0 Å². The van der Waals surface area contributed by atoms with Crippen molar-refractivity contribution in [2.75, 3.05) is 0 Å². The predicted molar refractivity (Wildman–Crippen MR) is 153 cm³/mol. The van der Waals surface area contributed by atoms with Crippen LogP contribution in [-0.2, 0) is 7.05 Å². The average Bonchev–Trinajstić information content (AvgIpc) is 3.53. The predicted octanol–water partition coefficient (Wildman–Crippen LogP) is 6.66. The van der Waals surface area contributed by atoms with Gasteiger partial charge in [-0.25, -0.2) is 4.98 Å². The summed E-state index contributed by atoms with van der Waals surface area (Å²) in [7, 11) is 1.97. The fourth-order valence-corrected chi connectivity index (χ4v) is 5.69. The molecule has 1 aliphatic rings. The van der Waals surface area contributed by atoms with E-state index in [1.54, 1.807) is 18.5 Å². The first-order valence-electron chi connectivity index (χ1n) is 12.8. The zero-order valence-electron chi connectivity index (χ0n) is 21.8. The molecule has 0 atom stereocenters. The number of Topliss-reactive ketones (excluding diaryl/α,β-unsaturated/α-hetero) is 2. The van der Waals surface area contributed by atoms with Crippen LogP contribution in [0.2, 0.25) is 0 Å². The Labute approximate surface area is 224 Å². The second-order valence-electron chi connectivity index (χ2n) is 10.1. The van der Waals surface area contributed by atoms with Crippen molar-refractivity contribution < 1.29 is 9.59 Å². The normalized spacial score (nSPS) is 13.1. The van der Waals surface area contributed by atoms with Gasteiger partial charge in [0.2, 0.25) is 0 Å². The Bertz CT molecular complexity index is 1950. The number of allylic oxidation sites excluding steroid dienone is 1. The number of nitrogens with zero attached hydrogens (tertiary/aromatic N) is 4. The molecule has 3 heterocycles. The third-order valence-corrected chi connectivity index (χ3v) is 7.61. The van der Waals surface area contributed by atoms with Gasteiger partial charge < -0.3 is 4.57 Å². The molecule has 0 bridgehead atoms. The molecule has 188 valence electrons. The van der Waals surface area contributed by atoms with E-state index in [-0.39, 0.29) is 17.1 Å². The maximum absolute atomic E-state index is 13.6. The Morgan fingerprint density at radius 2 is 1.46 bits per heavy atom. The minimum atomic E-state index is -0.247. The summed E-state index contributed by atoms with van der Waals surface area (Å²) in [5, 5.41) is 1.88. The first kappa shape index (κ1) is 23.0. The molecule has 0 fully saturated rings. The third-order valence-electron chi connectivity index (χ3n) is 7.61. The highest BCUT2D eigenvalue weighted by Gasteiger charge is 2.34. The molecule has 0 spiro atoms. The van der Waals surface area contributed by atoms with E-state index >= 15 is 0 Å². The van der Waals surface area contributed by atoms with Crippen LogP contribution in [-0.4, -0.2) is 30.7 Å². The van der Waals surface area contributed by atoms with Crippen molar-refractivity contribution in [3.8, 4) is 17.1 Å². The number of para-hydroxylation sites is 1. The second kappa shape index (κ2) is 8.46. The number of hydrogen-bond acceptors (Lipinski definition) is 4. The Hall–Kier alpha value is -5.10. The van der Waals surface area contributed by atoms with Gasteiger partial charge in [-0.1, -0.05) is 42.5 Å². The number of aryl methyl sites for hydroxylation is 3. The van der Waals surface area contributed by atoms with Gasteiger partial charge in [0, 0.05) is 36.1 Å². The van der Waals surface area contributed by atoms with Crippen molar-refractivity contribution in [3.63, 3.8) is 0 Å². The number of pyridine rings is 1. The van der Waals surface area contributed by atoms with E-state index in [1.807, 2.05) is 72.3 Å². The summed E-state index contributed by atoms with van der Waals surface area (Å²) in [6, 6.07) is 23.5. The van der Waals surface area contributed by atoms with E-state index in [4.69, 9.17) is 4.98 Å². The largest absolute Gasteiger partial charge is 0.326 e. The van der Waals surface area contributed by atoms with Crippen LogP contribution in [0.1, 0.15) is 37.5 Å². The van der Waals surface area contributed by atoms with Crippen molar-refractivity contribution in [3.05, 3.63) is 119 Å². The zero-order chi connectivity index (χ0) is 26.8. The molecule has 6 heteroatoms. The molecule has 0 unspecified atom stereocenters. The van der Waals surface area contributed by atoms with Gasteiger partial charge in [0.15, 0.2) is 17.2 Å². The van der Waals surface area contributed by atoms with E-state index in [9.17, 15) is 9.59 Å². The molecule has 6 aromatic rings. The van der Waals surface area contributed by atoms with Gasteiger partial charge in [0.25, 0.3) is 0 Å². The molecule has 3 aromatic heterocycles. The minimum absolute atomic E-state index is 0.170. The minimum Gasteiger partial charge on any atom is -0.326 e. The van der Waals surface area contributed by atoms with Crippen LogP contribution < -0.4 is 0 Å². The van der Waals surface area contributed by atoms with Crippen LogP contribution in [0.4, 0.5) is 0 Å². The zero-order valence-corrected chi connectivity index (χ0v) is 21.8. The smallest absolute Gasteiger partial charge is 0.197 e. The standard InChI is InChI=1S/C33H24N4O2/c1-19-8-6-9-20(2)29(19)37-24(17-28-33(37)35-32(36(28)3)23-12-7-13-34-18-23)16-27-30(38)25-14-21-10-4-5-11-22(21)15-26(25)31(27)39/h4-18H,1-3H3. The first-order valence-corrected chi connectivity index (χ1v) is 12.8. The lowest BCUT2D eigenvalue weighted by Gasteiger charge is -2.14. The highest BCUT2D eigenvalue weighted by molar-refractivity contribution is 6.42. The summed E-state index contributed by atoms with van der Waals surface area (Å²) in [4.78, 5) is 36.4. The van der Waals surface area contributed by atoms with Crippen LogP contribution in [0, 0.1) is 13.8 Å². The number of benzene rings is 3. The summed E-state index contributed by atoms with van der Waals surface area (Å²) in [5.41, 5.74) is 7.48. The van der Waals surface area contributed by atoms with E-state index in [2.05, 4.69) is 35.5 Å². The number of imidazole rings is 1. The van der Waals surface area contributed by atoms with E-state index in [0.29, 0.717) is 11.1 Å². The van der Waals surface area contributed by atoms with Gasteiger partial charge >= 0.3 is 0 Å². The number of carbonyl (C=O) groups excluding carboxylic acids is 2. The summed E-state index contributed by atoms with van der Waals surface area (Å²) in [5.74, 6) is 0.297. The summed E-state index contributed by atoms with van der Waals surface area (Å²) < 4.78 is 4.09. The lowest BCUT2D eigenvalue weighted by atomic mass is 10.0. The van der Waals surface area contributed by atoms with Crippen LogP contribution >= 0.6 is 0 Å². The van der Waals surface area contributed by atoms with Crippen LogP contribution in [0.3, 0.4) is 0 Å². The van der Waals surface area contributed by atoms with Crippen molar-refractivity contribution >= 4 is 39.6 Å². The molecule has 0 amide bonds. The highest BCUT2D eigenvalue weighted by Crippen LogP contribution is 2.35. The van der Waals surface area contributed by atoms with E-state index in [1.165, 1.54) is 0 Å². The number of rotatable bonds is 3. The molecular weight excluding hydrogens is 484 g/mol. The third kappa shape index (κ3) is 3.42. The van der Waals surface area contributed by atoms with Crippen molar-refractivity contribution in [1.29, 1.82) is 0 Å². The monoisotopic (exact) mass is 508 g/mol. The van der Waals surface area contributed by atoms with Gasteiger partial charge in [-0.05, 0) is 72.2 Å². The number of carbonyl (C=O) groups is 2. The van der Waals surface area contributed by atoms with Crippen LogP contribution in [0.15, 0.2) is 90.8 Å². The summed E-state index contributed by atoms with van der Waals surface area (Å²) in [6.45, 7) is 4.12. The fraction of sp³-hybridized carbons (Fsp3) is 0.0909. The highest BCUT2D eigenvalue weighted by atomic mass is 16.2. The van der Waals surface area contributed by atoms with Crippen molar-refractivity contribution in [1.82, 2.24) is 19.1 Å². The maximum Gasteiger partial charge on any atom is 0.197 e. The average molecular weight is 509 g/mol. The molecule has 0 saturated heterocycles. The Morgan fingerprint density at radius 1 is 0.795 bits per heavy atom. The summed E-state index contributed by atoms with van der Waals surface area (Å²) >= 11 is 0. The molecule has 0 saturated carbocycles. The lowest BCUT2D eigenvalue weighted by Crippen LogP contribution is -2.05. The SMILES string of the molecule is Cc1cccc(C)c1-n1c(C=C2C(=O)c3cc4ccccc4cc3C2=O)cc2c1nc(-c1cccnc1)n2C. The lowest BCUT2D eigenvalue weighted by molar-refractivity contribution is 0.0990. The first-order chi connectivity index (χ1) is 18.9. The molecular formula is C33H24N4O2. The Morgan fingerprint density at radius 3 is 2.08 bits per heavy atom. The molecule has 7 rings (SSSR count). The van der Waals surface area contributed by atoms with Crippen LogP contribution in [0.5, 0.6) is 0 Å². The number of aromatic nitrogens is 4. The molecule has 0 N–H and O–H groups in total. The van der Waals surface area contributed by atoms with Gasteiger partial charge in [-0.3, -0.25) is 19.1 Å². The number of hydrogen-bond donors (Lipinski definition) is 0. The molecule has 0 aliphatic heterocycles. The van der Waals surface area contributed by atoms with Crippen molar-refractivity contribution in [2.24, 2.45) is 7.05 Å². The van der Waals surface area contributed by atoms with Crippen molar-refractivity contribution in [2.45, 2.75) is 13.8 Å². The van der Waals surface area contributed by atoms with E-state index in [0.717, 1.165) is 55.8 Å².